The van der Waals surface area contributed by atoms with E-state index in [-0.39, 0.29) is 0 Å². The number of hydrogen-bond donors (Lipinski definition) is 0. The van der Waals surface area contributed by atoms with Gasteiger partial charge in [-0.05, 0) is 112 Å². The van der Waals surface area contributed by atoms with E-state index >= 15 is 0 Å². The lowest BCUT2D eigenvalue weighted by Crippen LogP contribution is -2.37. The second-order valence-corrected chi connectivity index (χ2v) is 20.4. The number of benzene rings is 8. The molecule has 0 amide bonds. The summed E-state index contributed by atoms with van der Waals surface area (Å²) in [6.45, 7) is 7.22. The van der Waals surface area contributed by atoms with Gasteiger partial charge in [-0.1, -0.05) is 128 Å². The lowest BCUT2D eigenvalue weighted by Gasteiger charge is -2.28. The molecule has 0 fully saturated rings. The van der Waals surface area contributed by atoms with Gasteiger partial charge in [0.15, 0.2) is 0 Å². The van der Waals surface area contributed by atoms with Crippen molar-refractivity contribution in [1.82, 2.24) is 0 Å². The lowest BCUT2D eigenvalue weighted by molar-refractivity contribution is 1.26. The quantitative estimate of drug-likeness (QED) is 0.121. The Bertz CT molecular complexity index is 2490. The molecule has 4 heteroatoms. The van der Waals surface area contributed by atoms with Crippen molar-refractivity contribution in [2.24, 2.45) is 0 Å². The fraction of sp³-hybridized carbons (Fsp3) is 0.0638. The monoisotopic (exact) mass is 690 g/mol. The second-order valence-electron chi connectivity index (χ2n) is 14.3. The topological polar surface area (TPSA) is 6.48 Å². The van der Waals surface area contributed by atoms with Crippen LogP contribution in [0.5, 0.6) is 0 Å². The third kappa shape index (κ3) is 5.71. The highest BCUT2D eigenvalue weighted by molar-refractivity contribution is 7.99. The van der Waals surface area contributed by atoms with Gasteiger partial charge in [0, 0.05) is 49.3 Å². The number of hydrogen-bond acceptors (Lipinski definition) is 3. The van der Waals surface area contributed by atoms with E-state index in [4.69, 9.17) is 0 Å². The average Bonchev–Trinajstić information content (AvgIpc) is 3.16. The zero-order valence-corrected chi connectivity index (χ0v) is 30.9. The predicted molar refractivity (Wildman–Crippen MR) is 223 cm³/mol. The van der Waals surface area contributed by atoms with Crippen LogP contribution in [0, 0.1) is 0 Å². The summed E-state index contributed by atoms with van der Waals surface area (Å²) in [6, 6.07) is 64.4. The minimum absolute atomic E-state index is 1.14. The minimum Gasteiger partial charge on any atom is -0.310 e. The summed E-state index contributed by atoms with van der Waals surface area (Å²) in [5, 5.41) is 6.61. The number of anilines is 6. The molecule has 0 aliphatic carbocycles. The number of nitrogens with zero attached hydrogens (tertiary/aromatic N) is 2. The number of para-hydroxylation sites is 3. The third-order valence-corrected chi connectivity index (χ3v) is 13.1. The van der Waals surface area contributed by atoms with Gasteiger partial charge in [-0.25, -0.2) is 0 Å². The molecule has 0 aromatic heterocycles. The smallest absolute Gasteiger partial charge is 0.0775 e. The molecule has 0 spiro atoms. The van der Waals surface area contributed by atoms with Crippen molar-refractivity contribution in [3.8, 4) is 11.1 Å². The summed E-state index contributed by atoms with van der Waals surface area (Å²) < 4.78 is 0. The highest BCUT2D eigenvalue weighted by Gasteiger charge is 2.24. The van der Waals surface area contributed by atoms with Crippen LogP contribution in [0.1, 0.15) is 0 Å². The van der Waals surface area contributed by atoms with Crippen LogP contribution in [0.15, 0.2) is 186 Å². The molecule has 0 unspecified atom stereocenters. The molecule has 0 saturated carbocycles. The van der Waals surface area contributed by atoms with Gasteiger partial charge in [-0.3, -0.25) is 0 Å². The van der Waals surface area contributed by atoms with E-state index in [1.54, 1.807) is 0 Å². The molecule has 9 rings (SSSR count). The van der Waals surface area contributed by atoms with Crippen LogP contribution >= 0.6 is 11.8 Å². The van der Waals surface area contributed by atoms with Gasteiger partial charge < -0.3 is 9.80 Å². The zero-order valence-electron chi connectivity index (χ0n) is 29.0. The Kier molecular flexibility index (Phi) is 7.79. The van der Waals surface area contributed by atoms with Gasteiger partial charge in [-0.2, -0.15) is 0 Å². The largest absolute Gasteiger partial charge is 0.310 e. The molecule has 0 bridgehead atoms. The van der Waals surface area contributed by atoms with Gasteiger partial charge in [0.1, 0.15) is 0 Å². The fourth-order valence-electron chi connectivity index (χ4n) is 7.41. The minimum atomic E-state index is -1.41. The molecular formula is C47H38N2SSi. The van der Waals surface area contributed by atoms with Crippen LogP contribution in [-0.2, 0) is 0 Å². The van der Waals surface area contributed by atoms with Gasteiger partial charge in [0.05, 0.1) is 8.07 Å². The van der Waals surface area contributed by atoms with Crippen LogP contribution < -0.4 is 15.0 Å². The summed E-state index contributed by atoms with van der Waals surface area (Å²) in [4.78, 5) is 7.31. The molecule has 0 atom stereocenters. The van der Waals surface area contributed by atoms with Crippen molar-refractivity contribution in [2.75, 3.05) is 9.80 Å². The molecule has 8 aromatic rings. The molecule has 2 nitrogen and oxygen atoms in total. The van der Waals surface area contributed by atoms with Crippen molar-refractivity contribution in [2.45, 2.75) is 29.4 Å². The molecular weight excluding hydrogens is 653 g/mol. The molecule has 1 aliphatic heterocycles. The van der Waals surface area contributed by atoms with Crippen LogP contribution in [0.4, 0.5) is 34.1 Å². The number of fused-ring (bicyclic) bond motifs is 4. The first-order valence-corrected chi connectivity index (χ1v) is 21.9. The Morgan fingerprint density at radius 1 is 0.392 bits per heavy atom. The summed E-state index contributed by atoms with van der Waals surface area (Å²) in [5.74, 6) is 0. The summed E-state index contributed by atoms with van der Waals surface area (Å²) in [7, 11) is -1.41. The highest BCUT2D eigenvalue weighted by atomic mass is 32.2. The number of rotatable bonds is 7. The third-order valence-electron chi connectivity index (χ3n) is 9.95. The van der Waals surface area contributed by atoms with E-state index in [0.29, 0.717) is 0 Å². The SMILES string of the molecule is C[Si](C)(C)c1ccc(N(c2ccccc2)c2ccc3cc4c5c(cccc5c3c2)Sc2cc(N(c3ccccc3)c3ccccc3)ccc2-4)cc1. The van der Waals surface area contributed by atoms with E-state index in [1.807, 2.05) is 11.8 Å². The first kappa shape index (κ1) is 31.4. The molecule has 1 heterocycles. The molecule has 0 N–H and O–H groups in total. The normalized spacial score (nSPS) is 12.1. The standard InChI is InChI=1S/C47H38N2SSi/c1-51(2,3)40-27-24-37(25-28-40)49(36-18-11-6-12-19-36)38-23-22-33-30-44-41-29-26-39(48(34-14-7-4-8-15-34)35-16-9-5-10-17-35)32-46(41)50-45-21-13-20-42(47(44)45)43(33)31-38/h4-32H,1-3H3. The Hall–Kier alpha value is -5.55. The van der Waals surface area contributed by atoms with Crippen molar-refractivity contribution in [3.05, 3.63) is 176 Å². The maximum absolute atomic E-state index is 2.41. The van der Waals surface area contributed by atoms with Crippen LogP contribution in [0.25, 0.3) is 32.7 Å². The summed E-state index contributed by atoms with van der Waals surface area (Å²) in [5.41, 5.74) is 9.51. The summed E-state index contributed by atoms with van der Waals surface area (Å²) >= 11 is 1.88. The molecule has 1 aliphatic rings. The second kappa shape index (κ2) is 12.6. The Morgan fingerprint density at radius 3 is 1.51 bits per heavy atom. The Balaban J connectivity index is 1.17. The molecule has 8 aromatic carbocycles. The van der Waals surface area contributed by atoms with Crippen molar-refractivity contribution >= 4 is 80.7 Å². The van der Waals surface area contributed by atoms with Crippen LogP contribution in [-0.4, -0.2) is 8.07 Å². The fourth-order valence-corrected chi connectivity index (χ4v) is 9.75. The van der Waals surface area contributed by atoms with E-state index in [0.717, 1.165) is 28.4 Å². The predicted octanol–water partition coefficient (Wildman–Crippen LogP) is 13.6. The van der Waals surface area contributed by atoms with Gasteiger partial charge in [-0.15, -0.1) is 0 Å². The van der Waals surface area contributed by atoms with E-state index in [9.17, 15) is 0 Å². The molecule has 246 valence electrons. The molecule has 51 heavy (non-hydrogen) atoms. The van der Waals surface area contributed by atoms with E-state index in [1.165, 1.54) is 53.3 Å². The van der Waals surface area contributed by atoms with Crippen molar-refractivity contribution in [3.63, 3.8) is 0 Å². The van der Waals surface area contributed by atoms with Crippen LogP contribution in [0.3, 0.4) is 0 Å². The Labute approximate surface area is 305 Å². The van der Waals surface area contributed by atoms with Crippen LogP contribution in [0.2, 0.25) is 19.6 Å². The first-order valence-electron chi connectivity index (χ1n) is 17.6. The lowest BCUT2D eigenvalue weighted by atomic mass is 9.92. The van der Waals surface area contributed by atoms with Gasteiger partial charge in [0.25, 0.3) is 0 Å². The molecule has 0 radical (unpaired) electrons. The summed E-state index contributed by atoms with van der Waals surface area (Å²) in [6.07, 6.45) is 0. The van der Waals surface area contributed by atoms with Crippen molar-refractivity contribution in [1.29, 1.82) is 0 Å². The highest BCUT2D eigenvalue weighted by Crippen LogP contribution is 2.52. The zero-order chi connectivity index (χ0) is 34.5. The Morgan fingerprint density at radius 2 is 0.922 bits per heavy atom. The maximum atomic E-state index is 2.41. The van der Waals surface area contributed by atoms with Gasteiger partial charge >= 0.3 is 0 Å². The van der Waals surface area contributed by atoms with E-state index in [2.05, 4.69) is 205 Å². The average molecular weight is 691 g/mol. The first-order chi connectivity index (χ1) is 24.9. The maximum Gasteiger partial charge on any atom is 0.0775 e. The molecule has 0 saturated heterocycles. The van der Waals surface area contributed by atoms with Crippen molar-refractivity contribution < 1.29 is 0 Å². The van der Waals surface area contributed by atoms with E-state index < -0.39 is 8.07 Å². The van der Waals surface area contributed by atoms with Gasteiger partial charge in [0.2, 0.25) is 0 Å².